The van der Waals surface area contributed by atoms with Crippen molar-refractivity contribution >= 4 is 11.9 Å². The second-order valence-electron chi connectivity index (χ2n) is 18.2. The number of allylic oxidation sites excluding steroid dienone is 4. The maximum atomic E-state index is 14.7. The van der Waals surface area contributed by atoms with Crippen LogP contribution in [0.4, 0.5) is 4.79 Å². The summed E-state index contributed by atoms with van der Waals surface area (Å²) < 4.78 is 6.38. The zero-order valence-electron chi connectivity index (χ0n) is 30.9. The molecule has 7 aliphatic carbocycles. The van der Waals surface area contributed by atoms with Crippen molar-refractivity contribution in [3.63, 3.8) is 0 Å². The molecule has 6 heteroatoms. The van der Waals surface area contributed by atoms with Gasteiger partial charge in [0.1, 0.15) is 6.10 Å². The molecule has 0 saturated heterocycles. The molecule has 4 saturated carbocycles. The monoisotopic (exact) mass is 671 g/mol. The molecule has 0 aromatic heterocycles. The third kappa shape index (κ3) is 5.15. The second kappa shape index (κ2) is 12.4. The summed E-state index contributed by atoms with van der Waals surface area (Å²) in [6.07, 6.45) is 15.7. The summed E-state index contributed by atoms with van der Waals surface area (Å²) in [5, 5.41) is 23.9. The fourth-order valence-corrected chi connectivity index (χ4v) is 12.6. The number of ketones is 1. The number of carbonyl (C=O) groups excluding carboxylic acids is 2. The first-order valence-electron chi connectivity index (χ1n) is 19.6. The van der Waals surface area contributed by atoms with Crippen molar-refractivity contribution in [1.82, 2.24) is 4.90 Å². The van der Waals surface area contributed by atoms with Crippen LogP contribution in [-0.2, 0) is 4.74 Å². The lowest BCUT2D eigenvalue weighted by molar-refractivity contribution is -0.175. The van der Waals surface area contributed by atoms with E-state index in [1.807, 2.05) is 35.2 Å². The van der Waals surface area contributed by atoms with Gasteiger partial charge in [0.15, 0.2) is 5.78 Å². The number of aliphatic hydroxyl groups excluding tert-OH is 1. The Morgan fingerprint density at radius 2 is 1.65 bits per heavy atom. The first kappa shape index (κ1) is 35.0. The average molecular weight is 672 g/mol. The van der Waals surface area contributed by atoms with Gasteiger partial charge in [-0.25, -0.2) is 4.79 Å². The number of Topliss-reactive ketones (excluding diaryl/α,β-unsaturated/α-hetero) is 1. The van der Waals surface area contributed by atoms with E-state index in [2.05, 4.69) is 59.8 Å². The van der Waals surface area contributed by atoms with Crippen LogP contribution in [0.1, 0.15) is 123 Å². The van der Waals surface area contributed by atoms with Gasteiger partial charge in [-0.05, 0) is 99.2 Å². The number of nitrogens with zero attached hydrogens (tertiary/aromatic N) is 1. The number of ether oxygens (including phenoxy) is 1. The van der Waals surface area contributed by atoms with Crippen molar-refractivity contribution in [1.29, 1.82) is 0 Å². The predicted octanol–water partition coefficient (Wildman–Crippen LogP) is 8.77. The van der Waals surface area contributed by atoms with E-state index in [1.165, 1.54) is 6.42 Å². The van der Waals surface area contributed by atoms with E-state index in [1.54, 1.807) is 0 Å². The largest absolute Gasteiger partial charge is 0.446 e. The zero-order chi connectivity index (χ0) is 35.0. The zero-order valence-corrected chi connectivity index (χ0v) is 30.9. The summed E-state index contributed by atoms with van der Waals surface area (Å²) in [4.78, 5) is 30.6. The summed E-state index contributed by atoms with van der Waals surface area (Å²) in [6, 6.07) is 9.67. The van der Waals surface area contributed by atoms with Gasteiger partial charge in [0.2, 0.25) is 0 Å². The van der Waals surface area contributed by atoms with Crippen molar-refractivity contribution in [2.24, 2.45) is 51.2 Å². The molecule has 1 aromatic carbocycles. The van der Waals surface area contributed by atoms with Crippen LogP contribution in [-0.4, -0.2) is 57.9 Å². The van der Waals surface area contributed by atoms with Crippen LogP contribution >= 0.6 is 0 Å². The number of hydrogen-bond donors (Lipinski definition) is 2. The molecule has 11 atom stereocenters. The van der Waals surface area contributed by atoms with Crippen molar-refractivity contribution in [2.75, 3.05) is 13.1 Å². The number of amides is 1. The molecule has 1 aromatic rings. The molecule has 2 spiro atoms. The van der Waals surface area contributed by atoms with Gasteiger partial charge in [0.05, 0.1) is 18.2 Å². The van der Waals surface area contributed by atoms with Gasteiger partial charge in [-0.2, -0.15) is 0 Å². The van der Waals surface area contributed by atoms with E-state index in [0.717, 1.165) is 56.9 Å². The van der Waals surface area contributed by atoms with Gasteiger partial charge < -0.3 is 19.8 Å². The highest BCUT2D eigenvalue weighted by Crippen LogP contribution is 2.78. The van der Waals surface area contributed by atoms with Crippen LogP contribution in [0.5, 0.6) is 0 Å². The minimum Gasteiger partial charge on any atom is -0.446 e. The summed E-state index contributed by atoms with van der Waals surface area (Å²) in [6.45, 7) is 14.3. The normalized spacial score (nSPS) is 43.7. The SMILES string of the molecule is CCCN(CC1(O)CCC2C34C=CC5(C=C3C(=O)c3ccccc3)CC(O)CCC5(C)C4CCC21C)C(=O)OC1CC(C)CCC1C(C)C. The van der Waals surface area contributed by atoms with Gasteiger partial charge in [0.25, 0.3) is 0 Å². The van der Waals surface area contributed by atoms with E-state index < -0.39 is 16.4 Å². The molecule has 49 heavy (non-hydrogen) atoms. The smallest absolute Gasteiger partial charge is 0.410 e. The Morgan fingerprint density at radius 3 is 2.37 bits per heavy atom. The van der Waals surface area contributed by atoms with Crippen LogP contribution in [0.25, 0.3) is 0 Å². The molecule has 2 N–H and O–H groups in total. The molecule has 268 valence electrons. The number of aliphatic hydroxyl groups is 2. The molecule has 0 heterocycles. The summed E-state index contributed by atoms with van der Waals surface area (Å²) in [5.41, 5.74) is -0.981. The lowest BCUT2D eigenvalue weighted by Crippen LogP contribution is -2.67. The lowest BCUT2D eigenvalue weighted by atomic mass is 9.32. The molecule has 2 bridgehead atoms. The van der Waals surface area contributed by atoms with Crippen LogP contribution in [0.15, 0.2) is 54.1 Å². The molecule has 4 fully saturated rings. The van der Waals surface area contributed by atoms with E-state index in [4.69, 9.17) is 4.74 Å². The minimum atomic E-state index is -1.10. The third-order valence-corrected chi connectivity index (χ3v) is 15.4. The summed E-state index contributed by atoms with van der Waals surface area (Å²) >= 11 is 0. The molecule has 0 radical (unpaired) electrons. The second-order valence-corrected chi connectivity index (χ2v) is 18.2. The lowest BCUT2D eigenvalue weighted by Gasteiger charge is -2.71. The Hall–Kier alpha value is -2.44. The van der Waals surface area contributed by atoms with Crippen molar-refractivity contribution in [2.45, 2.75) is 130 Å². The van der Waals surface area contributed by atoms with Crippen molar-refractivity contribution < 1.29 is 24.5 Å². The van der Waals surface area contributed by atoms with Gasteiger partial charge >= 0.3 is 6.09 Å². The standard InChI is InChI=1S/C43H61NO5/c1-7-23-44(38(47)49-34-24-29(4)13-14-32(34)28(2)3)27-42(48)20-17-36-40(42,6)19-16-35-39(5)18-15-31(45)25-41(39)21-22-43(35,36)33(26-41)37(46)30-11-9-8-10-12-30/h8-12,21-22,26,28-29,31-32,34-36,45,48H,7,13-20,23-25,27H2,1-6H3. The Labute approximate surface area is 294 Å². The first-order chi connectivity index (χ1) is 23.2. The quantitative estimate of drug-likeness (QED) is 0.213. The van der Waals surface area contributed by atoms with Gasteiger partial charge in [-0.15, -0.1) is 0 Å². The number of hydrogen-bond acceptors (Lipinski definition) is 5. The van der Waals surface area contributed by atoms with Gasteiger partial charge in [-0.1, -0.05) is 96.5 Å². The van der Waals surface area contributed by atoms with E-state index >= 15 is 0 Å². The Balaban J connectivity index is 1.24. The summed E-state index contributed by atoms with van der Waals surface area (Å²) in [7, 11) is 0. The Morgan fingerprint density at radius 1 is 0.959 bits per heavy atom. The number of benzene rings is 1. The van der Waals surface area contributed by atoms with Crippen LogP contribution < -0.4 is 0 Å². The van der Waals surface area contributed by atoms with Crippen LogP contribution in [0.3, 0.4) is 0 Å². The highest BCUT2D eigenvalue weighted by Gasteiger charge is 2.74. The number of rotatable bonds is 8. The number of fused-ring (bicyclic) bond motifs is 1. The maximum absolute atomic E-state index is 14.7. The Bertz CT molecular complexity index is 1500. The van der Waals surface area contributed by atoms with Crippen molar-refractivity contribution in [3.05, 3.63) is 59.7 Å². The highest BCUT2D eigenvalue weighted by molar-refractivity contribution is 6.10. The first-order valence-corrected chi connectivity index (χ1v) is 19.6. The topological polar surface area (TPSA) is 87.1 Å². The maximum Gasteiger partial charge on any atom is 0.410 e. The average Bonchev–Trinajstić information content (AvgIpc) is 3.34. The van der Waals surface area contributed by atoms with Crippen LogP contribution in [0, 0.1) is 51.2 Å². The molecule has 0 aliphatic heterocycles. The Kier molecular flexibility index (Phi) is 8.82. The summed E-state index contributed by atoms with van der Waals surface area (Å²) in [5.74, 6) is 1.71. The van der Waals surface area contributed by atoms with E-state index in [9.17, 15) is 19.8 Å². The molecular weight excluding hydrogens is 610 g/mol. The predicted molar refractivity (Wildman–Crippen MR) is 193 cm³/mol. The molecule has 11 unspecified atom stereocenters. The van der Waals surface area contributed by atoms with E-state index in [-0.39, 0.29) is 53.3 Å². The molecule has 8 rings (SSSR count). The number of carbonyl (C=O) groups is 2. The minimum absolute atomic E-state index is 0.0462. The fraction of sp³-hybridized carbons (Fsp3) is 0.721. The van der Waals surface area contributed by atoms with Crippen molar-refractivity contribution in [3.8, 4) is 0 Å². The van der Waals surface area contributed by atoms with E-state index in [0.29, 0.717) is 42.7 Å². The van der Waals surface area contributed by atoms with Gasteiger partial charge in [0, 0.05) is 33.9 Å². The van der Waals surface area contributed by atoms with Gasteiger partial charge in [-0.3, -0.25) is 4.79 Å². The van der Waals surface area contributed by atoms with Crippen LogP contribution in [0.2, 0.25) is 0 Å². The third-order valence-electron chi connectivity index (χ3n) is 15.4. The highest BCUT2D eigenvalue weighted by atomic mass is 16.6. The molecule has 1 amide bonds. The fourth-order valence-electron chi connectivity index (χ4n) is 12.6. The molecule has 6 nitrogen and oxygen atoms in total. The molecule has 7 aliphatic rings. The molecular formula is C43H61NO5.